The number of nitrogens with zero attached hydrogens (tertiary/aromatic N) is 2. The number of piperidine rings is 1. The lowest BCUT2D eigenvalue weighted by Gasteiger charge is -2.40. The van der Waals surface area contributed by atoms with Crippen molar-refractivity contribution in [3.8, 4) is 17.6 Å². The number of carbonyl (C=O) groups excluding carboxylic acids is 1. The van der Waals surface area contributed by atoms with Crippen LogP contribution in [0.3, 0.4) is 0 Å². The summed E-state index contributed by atoms with van der Waals surface area (Å²) < 4.78 is 10.5. The van der Waals surface area contributed by atoms with Crippen LogP contribution in [0.25, 0.3) is 0 Å². The average molecular weight is 380 g/mol. The Kier molecular flexibility index (Phi) is 6.64. The second kappa shape index (κ2) is 9.36. The molecule has 6 nitrogen and oxygen atoms in total. The van der Waals surface area contributed by atoms with Crippen LogP contribution in [0.5, 0.6) is 11.5 Å². The van der Waals surface area contributed by atoms with E-state index in [1.165, 1.54) is 0 Å². The van der Waals surface area contributed by atoms with Gasteiger partial charge in [-0.05, 0) is 35.4 Å². The van der Waals surface area contributed by atoms with Crippen LogP contribution in [0.15, 0.2) is 48.5 Å². The molecule has 28 heavy (non-hydrogen) atoms. The molecule has 0 spiro atoms. The lowest BCUT2D eigenvalue weighted by atomic mass is 9.88. The fourth-order valence-corrected chi connectivity index (χ4v) is 3.47. The minimum Gasteiger partial charge on any atom is -0.497 e. The largest absolute Gasteiger partial charge is 0.497 e. The van der Waals surface area contributed by atoms with Gasteiger partial charge in [-0.25, -0.2) is 0 Å². The number of hydrogen-bond acceptors (Lipinski definition) is 6. The lowest BCUT2D eigenvalue weighted by molar-refractivity contribution is -0.227. The maximum absolute atomic E-state index is 12.6. The minimum atomic E-state index is -0.224. The standard InChI is InChI=1S/C22H24N2O4/c1-26-19-8-4-16(5-9-19)21-14-18(25)15-22(24(21)28-13-3-12-23)17-6-10-20(27-2)11-7-17/h4-11,21-22H,3,13-15H2,1-2H3/t21-,22+. The van der Waals surface area contributed by atoms with Gasteiger partial charge in [0, 0.05) is 12.8 Å². The fraction of sp³-hybridized carbons (Fsp3) is 0.364. The van der Waals surface area contributed by atoms with Crippen LogP contribution in [-0.2, 0) is 9.63 Å². The van der Waals surface area contributed by atoms with Gasteiger partial charge in [0.1, 0.15) is 17.3 Å². The van der Waals surface area contributed by atoms with Gasteiger partial charge in [0.2, 0.25) is 0 Å². The molecule has 2 aromatic carbocycles. The van der Waals surface area contributed by atoms with Crippen molar-refractivity contribution >= 4 is 5.78 Å². The molecule has 3 rings (SSSR count). The van der Waals surface area contributed by atoms with Crippen LogP contribution in [0.4, 0.5) is 0 Å². The summed E-state index contributed by atoms with van der Waals surface area (Å²) in [7, 11) is 3.24. The van der Waals surface area contributed by atoms with Gasteiger partial charge in [0.15, 0.2) is 0 Å². The summed E-state index contributed by atoms with van der Waals surface area (Å²) in [5.41, 5.74) is 1.95. The highest BCUT2D eigenvalue weighted by atomic mass is 16.7. The molecule has 0 bridgehead atoms. The van der Waals surface area contributed by atoms with E-state index in [4.69, 9.17) is 19.6 Å². The lowest BCUT2D eigenvalue weighted by Crippen LogP contribution is -2.40. The Morgan fingerprint density at radius 2 is 1.39 bits per heavy atom. The maximum Gasteiger partial charge on any atom is 0.136 e. The Hall–Kier alpha value is -2.88. The summed E-state index contributed by atoms with van der Waals surface area (Å²) >= 11 is 0. The molecule has 1 aliphatic heterocycles. The highest BCUT2D eigenvalue weighted by Crippen LogP contribution is 2.41. The number of ketones is 1. The van der Waals surface area contributed by atoms with E-state index in [1.54, 1.807) is 14.2 Å². The van der Waals surface area contributed by atoms with Crippen LogP contribution in [0.1, 0.15) is 42.5 Å². The highest BCUT2D eigenvalue weighted by Gasteiger charge is 2.37. The zero-order valence-electron chi connectivity index (χ0n) is 16.1. The van der Waals surface area contributed by atoms with Crippen LogP contribution in [0, 0.1) is 11.3 Å². The predicted molar refractivity (Wildman–Crippen MR) is 104 cm³/mol. The second-order valence-electron chi connectivity index (χ2n) is 6.63. The summed E-state index contributed by atoms with van der Waals surface area (Å²) in [6.07, 6.45) is 1.02. The third kappa shape index (κ3) is 4.50. The molecule has 1 aliphatic rings. The molecule has 1 saturated heterocycles. The molecular weight excluding hydrogens is 356 g/mol. The van der Waals surface area contributed by atoms with Gasteiger partial charge in [-0.2, -0.15) is 10.3 Å². The first-order valence-electron chi connectivity index (χ1n) is 9.24. The number of hydrogen-bond donors (Lipinski definition) is 0. The first-order chi connectivity index (χ1) is 13.7. The van der Waals surface area contributed by atoms with E-state index in [9.17, 15) is 4.79 Å². The molecule has 0 unspecified atom stereocenters. The molecule has 1 heterocycles. The molecule has 2 aromatic rings. The van der Waals surface area contributed by atoms with E-state index in [-0.39, 0.29) is 30.9 Å². The Labute approximate surface area is 165 Å². The first-order valence-corrected chi connectivity index (χ1v) is 9.24. The van der Waals surface area contributed by atoms with E-state index in [0.717, 1.165) is 22.6 Å². The molecule has 1 fully saturated rings. The molecule has 0 radical (unpaired) electrons. The van der Waals surface area contributed by atoms with E-state index in [1.807, 2.05) is 53.6 Å². The normalized spacial score (nSPS) is 19.8. The molecule has 2 atom stereocenters. The molecule has 6 heteroatoms. The zero-order valence-corrected chi connectivity index (χ0v) is 16.1. The van der Waals surface area contributed by atoms with Crippen LogP contribution in [-0.4, -0.2) is 31.7 Å². The van der Waals surface area contributed by atoms with E-state index in [2.05, 4.69) is 6.07 Å². The number of rotatable bonds is 7. The number of nitriles is 1. The minimum absolute atomic E-state index is 0.182. The average Bonchev–Trinajstić information content (AvgIpc) is 2.74. The number of ether oxygens (including phenoxy) is 2. The summed E-state index contributed by atoms with van der Waals surface area (Å²) in [5.74, 6) is 1.70. The Morgan fingerprint density at radius 1 is 0.929 bits per heavy atom. The van der Waals surface area contributed by atoms with Crippen molar-refractivity contribution in [3.63, 3.8) is 0 Å². The zero-order chi connectivity index (χ0) is 19.9. The quantitative estimate of drug-likeness (QED) is 0.676. The molecule has 0 aromatic heterocycles. The monoisotopic (exact) mass is 380 g/mol. The predicted octanol–water partition coefficient (Wildman–Crippen LogP) is 4.00. The molecule has 0 saturated carbocycles. The van der Waals surface area contributed by atoms with Gasteiger partial charge >= 0.3 is 0 Å². The van der Waals surface area contributed by atoms with Gasteiger partial charge in [-0.3, -0.25) is 9.63 Å². The van der Waals surface area contributed by atoms with E-state index >= 15 is 0 Å². The van der Waals surface area contributed by atoms with Crippen molar-refractivity contribution in [1.82, 2.24) is 5.06 Å². The van der Waals surface area contributed by atoms with Gasteiger partial charge in [0.25, 0.3) is 0 Å². The number of hydroxylamine groups is 2. The third-order valence-electron chi connectivity index (χ3n) is 4.91. The molecule has 0 amide bonds. The summed E-state index contributed by atoms with van der Waals surface area (Å²) in [4.78, 5) is 18.6. The first kappa shape index (κ1) is 19.9. The maximum atomic E-state index is 12.6. The third-order valence-corrected chi connectivity index (χ3v) is 4.91. The summed E-state index contributed by atoms with van der Waals surface area (Å²) in [5, 5.41) is 10.8. The van der Waals surface area contributed by atoms with Gasteiger partial charge in [-0.15, -0.1) is 0 Å². The molecular formula is C22H24N2O4. The van der Waals surface area contributed by atoms with Crippen molar-refractivity contribution in [1.29, 1.82) is 5.26 Å². The SMILES string of the molecule is COc1ccc([C@H]2CC(=O)C[C@@H](c3ccc(OC)cc3)N2OCCC#N)cc1. The number of methoxy groups -OCH3 is 2. The van der Waals surface area contributed by atoms with Crippen molar-refractivity contribution in [2.45, 2.75) is 31.3 Å². The van der Waals surface area contributed by atoms with Crippen LogP contribution in [0.2, 0.25) is 0 Å². The van der Waals surface area contributed by atoms with Crippen molar-refractivity contribution < 1.29 is 19.1 Å². The smallest absolute Gasteiger partial charge is 0.136 e. The van der Waals surface area contributed by atoms with Gasteiger partial charge < -0.3 is 9.47 Å². The highest BCUT2D eigenvalue weighted by molar-refractivity contribution is 5.81. The van der Waals surface area contributed by atoms with Gasteiger partial charge in [-0.1, -0.05) is 24.3 Å². The summed E-state index contributed by atoms with van der Waals surface area (Å²) in [6, 6.07) is 17.0. The van der Waals surface area contributed by atoms with E-state index in [0.29, 0.717) is 12.8 Å². The van der Waals surface area contributed by atoms with Crippen molar-refractivity contribution in [3.05, 3.63) is 59.7 Å². The number of benzene rings is 2. The number of Topliss-reactive ketones (excluding diaryl/α,β-unsaturated/α-hetero) is 1. The van der Waals surface area contributed by atoms with Crippen molar-refractivity contribution in [2.75, 3.05) is 20.8 Å². The van der Waals surface area contributed by atoms with Crippen LogP contribution >= 0.6 is 0 Å². The Balaban J connectivity index is 1.93. The Bertz CT molecular complexity index is 768. The topological polar surface area (TPSA) is 71.8 Å². The van der Waals surface area contributed by atoms with Crippen LogP contribution < -0.4 is 9.47 Å². The Morgan fingerprint density at radius 3 is 1.79 bits per heavy atom. The number of carbonyl (C=O) groups is 1. The molecule has 146 valence electrons. The fourth-order valence-electron chi connectivity index (χ4n) is 3.47. The van der Waals surface area contributed by atoms with Crippen molar-refractivity contribution in [2.24, 2.45) is 0 Å². The van der Waals surface area contributed by atoms with E-state index < -0.39 is 0 Å². The molecule has 0 aliphatic carbocycles. The second-order valence-corrected chi connectivity index (χ2v) is 6.63. The summed E-state index contributed by atoms with van der Waals surface area (Å²) in [6.45, 7) is 0.282. The van der Waals surface area contributed by atoms with Gasteiger partial charge in [0.05, 0.1) is 45.4 Å². The molecule has 0 N–H and O–H groups in total.